The molecule has 1 aromatic rings. The quantitative estimate of drug-likeness (QED) is 0.715. The van der Waals surface area contributed by atoms with Crippen LogP contribution in [0.4, 0.5) is 5.69 Å². The van der Waals surface area contributed by atoms with Gasteiger partial charge in [0.05, 0.1) is 6.07 Å². The molecule has 0 spiro atoms. The highest BCUT2D eigenvalue weighted by molar-refractivity contribution is 5.91. The number of hydrogen-bond acceptors (Lipinski definition) is 2. The lowest BCUT2D eigenvalue weighted by Crippen LogP contribution is -2.09. The van der Waals surface area contributed by atoms with Crippen molar-refractivity contribution >= 4 is 11.6 Å². The SMILES string of the molecule is CCCCCCCc1ccc(NC(=O)CC#N)cc1. The Morgan fingerprint density at radius 2 is 1.84 bits per heavy atom. The van der Waals surface area contributed by atoms with Crippen molar-refractivity contribution in [1.29, 1.82) is 5.26 Å². The first-order valence-corrected chi connectivity index (χ1v) is 7.02. The van der Waals surface area contributed by atoms with Gasteiger partial charge in [-0.15, -0.1) is 0 Å². The van der Waals surface area contributed by atoms with Crippen LogP contribution in [0.15, 0.2) is 24.3 Å². The Morgan fingerprint density at radius 3 is 2.47 bits per heavy atom. The first-order chi connectivity index (χ1) is 9.26. The normalized spacial score (nSPS) is 9.89. The first kappa shape index (κ1) is 15.2. The summed E-state index contributed by atoms with van der Waals surface area (Å²) in [6, 6.07) is 9.72. The van der Waals surface area contributed by atoms with Crippen LogP contribution in [0.1, 0.15) is 51.0 Å². The van der Waals surface area contributed by atoms with Crippen molar-refractivity contribution in [1.82, 2.24) is 0 Å². The van der Waals surface area contributed by atoms with E-state index in [2.05, 4.69) is 12.2 Å². The Kier molecular flexibility index (Phi) is 7.34. The Hall–Kier alpha value is -1.82. The minimum Gasteiger partial charge on any atom is -0.325 e. The standard InChI is InChI=1S/C16H22N2O/c1-2-3-4-5-6-7-14-8-10-15(11-9-14)18-16(19)12-13-17/h8-11H,2-7,12H2,1H3,(H,18,19). The van der Waals surface area contributed by atoms with Gasteiger partial charge in [0.2, 0.25) is 5.91 Å². The molecule has 0 saturated carbocycles. The molecule has 0 unspecified atom stereocenters. The number of nitrogens with one attached hydrogen (secondary N) is 1. The smallest absolute Gasteiger partial charge is 0.238 e. The van der Waals surface area contributed by atoms with E-state index in [1.165, 1.54) is 37.7 Å². The van der Waals surface area contributed by atoms with Crippen molar-refractivity contribution in [2.75, 3.05) is 5.32 Å². The highest BCUT2D eigenvalue weighted by Crippen LogP contribution is 2.13. The summed E-state index contributed by atoms with van der Waals surface area (Å²) in [7, 11) is 0. The molecule has 19 heavy (non-hydrogen) atoms. The fraction of sp³-hybridized carbons (Fsp3) is 0.500. The first-order valence-electron chi connectivity index (χ1n) is 7.02. The van der Waals surface area contributed by atoms with Gasteiger partial charge in [0.25, 0.3) is 0 Å². The van der Waals surface area contributed by atoms with Gasteiger partial charge in [0, 0.05) is 5.69 Å². The lowest BCUT2D eigenvalue weighted by atomic mass is 10.1. The van der Waals surface area contributed by atoms with E-state index in [1.807, 2.05) is 30.3 Å². The molecule has 1 amide bonds. The number of unbranched alkanes of at least 4 members (excludes halogenated alkanes) is 4. The second kappa shape index (κ2) is 9.16. The van der Waals surface area contributed by atoms with Gasteiger partial charge >= 0.3 is 0 Å². The van der Waals surface area contributed by atoms with Crippen molar-refractivity contribution in [3.05, 3.63) is 29.8 Å². The van der Waals surface area contributed by atoms with Crippen LogP contribution in [-0.2, 0) is 11.2 Å². The number of hydrogen-bond donors (Lipinski definition) is 1. The second-order valence-electron chi connectivity index (χ2n) is 4.74. The van der Waals surface area contributed by atoms with Crippen molar-refractivity contribution < 1.29 is 4.79 Å². The largest absolute Gasteiger partial charge is 0.325 e. The zero-order valence-electron chi connectivity index (χ0n) is 11.6. The second-order valence-corrected chi connectivity index (χ2v) is 4.74. The molecule has 0 fully saturated rings. The van der Waals surface area contributed by atoms with Crippen LogP contribution in [0.25, 0.3) is 0 Å². The van der Waals surface area contributed by atoms with Gasteiger partial charge in [-0.3, -0.25) is 4.79 Å². The van der Waals surface area contributed by atoms with Crippen molar-refractivity contribution in [2.45, 2.75) is 51.9 Å². The van der Waals surface area contributed by atoms with Crippen LogP contribution in [0, 0.1) is 11.3 Å². The highest BCUT2D eigenvalue weighted by atomic mass is 16.1. The molecule has 1 aromatic carbocycles. The number of carbonyl (C=O) groups excluding carboxylic acids is 1. The van der Waals surface area contributed by atoms with E-state index >= 15 is 0 Å². The molecule has 1 rings (SSSR count). The summed E-state index contributed by atoms with van der Waals surface area (Å²) >= 11 is 0. The summed E-state index contributed by atoms with van der Waals surface area (Å²) in [6.07, 6.45) is 7.42. The summed E-state index contributed by atoms with van der Waals surface area (Å²) in [5, 5.41) is 11.1. The zero-order valence-corrected chi connectivity index (χ0v) is 11.6. The molecular weight excluding hydrogens is 236 g/mol. The average molecular weight is 258 g/mol. The number of carbonyl (C=O) groups is 1. The fourth-order valence-corrected chi connectivity index (χ4v) is 1.96. The molecule has 0 aromatic heterocycles. The maximum Gasteiger partial charge on any atom is 0.238 e. The summed E-state index contributed by atoms with van der Waals surface area (Å²) < 4.78 is 0. The van der Waals surface area contributed by atoms with Crippen LogP contribution in [0.5, 0.6) is 0 Å². The van der Waals surface area contributed by atoms with Crippen molar-refractivity contribution in [2.24, 2.45) is 0 Å². The molecule has 0 radical (unpaired) electrons. The number of nitriles is 1. The number of anilines is 1. The summed E-state index contributed by atoms with van der Waals surface area (Å²) in [5.41, 5.74) is 2.06. The number of amides is 1. The molecule has 0 aliphatic rings. The van der Waals surface area contributed by atoms with Gasteiger partial charge in [-0.25, -0.2) is 0 Å². The number of rotatable bonds is 8. The van der Waals surface area contributed by atoms with Gasteiger partial charge in [0.15, 0.2) is 0 Å². The molecule has 0 aliphatic carbocycles. The van der Waals surface area contributed by atoms with Crippen molar-refractivity contribution in [3.63, 3.8) is 0 Å². The van der Waals surface area contributed by atoms with Crippen LogP contribution in [-0.4, -0.2) is 5.91 Å². The lowest BCUT2D eigenvalue weighted by molar-refractivity contribution is -0.115. The Morgan fingerprint density at radius 1 is 1.16 bits per heavy atom. The van der Waals surface area contributed by atoms with Crippen LogP contribution < -0.4 is 5.32 Å². The minimum atomic E-state index is -0.255. The molecule has 3 nitrogen and oxygen atoms in total. The highest BCUT2D eigenvalue weighted by Gasteiger charge is 2.01. The van der Waals surface area contributed by atoms with Crippen LogP contribution >= 0.6 is 0 Å². The van der Waals surface area contributed by atoms with Gasteiger partial charge in [-0.1, -0.05) is 44.7 Å². The third kappa shape index (κ3) is 6.61. The predicted molar refractivity (Wildman–Crippen MR) is 77.8 cm³/mol. The Bertz CT molecular complexity index is 417. The predicted octanol–water partition coefficient (Wildman–Crippen LogP) is 4.05. The van der Waals surface area contributed by atoms with Crippen LogP contribution in [0.2, 0.25) is 0 Å². The van der Waals surface area contributed by atoms with Gasteiger partial charge in [-0.2, -0.15) is 5.26 Å². The summed E-state index contributed by atoms with van der Waals surface area (Å²) in [5.74, 6) is -0.255. The van der Waals surface area contributed by atoms with E-state index in [0.29, 0.717) is 0 Å². The molecule has 0 heterocycles. The fourth-order valence-electron chi connectivity index (χ4n) is 1.96. The van der Waals surface area contributed by atoms with Crippen LogP contribution in [0.3, 0.4) is 0 Å². The Labute approximate surface area is 115 Å². The van der Waals surface area contributed by atoms with Gasteiger partial charge in [-0.05, 0) is 30.5 Å². The third-order valence-electron chi connectivity index (χ3n) is 3.05. The maximum absolute atomic E-state index is 11.2. The van der Waals surface area contributed by atoms with Gasteiger partial charge in [0.1, 0.15) is 6.42 Å². The number of benzene rings is 1. The number of aryl methyl sites for hydroxylation is 1. The van der Waals surface area contributed by atoms with Crippen molar-refractivity contribution in [3.8, 4) is 6.07 Å². The summed E-state index contributed by atoms with van der Waals surface area (Å²) in [6.45, 7) is 2.22. The van der Waals surface area contributed by atoms with E-state index in [-0.39, 0.29) is 12.3 Å². The molecule has 0 atom stereocenters. The zero-order chi connectivity index (χ0) is 13.9. The van der Waals surface area contributed by atoms with E-state index < -0.39 is 0 Å². The maximum atomic E-state index is 11.2. The molecule has 3 heteroatoms. The molecule has 0 bridgehead atoms. The molecule has 0 aliphatic heterocycles. The van der Waals surface area contributed by atoms with E-state index in [9.17, 15) is 4.79 Å². The number of nitrogens with zero attached hydrogens (tertiary/aromatic N) is 1. The Balaban J connectivity index is 2.31. The topological polar surface area (TPSA) is 52.9 Å². The molecule has 0 saturated heterocycles. The third-order valence-corrected chi connectivity index (χ3v) is 3.05. The molecular formula is C16H22N2O. The average Bonchev–Trinajstić information content (AvgIpc) is 2.41. The van der Waals surface area contributed by atoms with E-state index in [0.717, 1.165) is 12.1 Å². The van der Waals surface area contributed by atoms with E-state index in [1.54, 1.807) is 0 Å². The molecule has 1 N–H and O–H groups in total. The monoisotopic (exact) mass is 258 g/mol. The minimum absolute atomic E-state index is 0.0980. The lowest BCUT2D eigenvalue weighted by Gasteiger charge is -2.05. The van der Waals surface area contributed by atoms with Gasteiger partial charge < -0.3 is 5.32 Å². The summed E-state index contributed by atoms with van der Waals surface area (Å²) in [4.78, 5) is 11.2. The molecule has 102 valence electrons. The van der Waals surface area contributed by atoms with E-state index in [4.69, 9.17) is 5.26 Å².